The SMILES string of the molecule is O=C(CCSc1nnc(-c2cccc(S(=O)(=O)N3CCCCC3)c2)o1)N1CCc2ccccc21. The molecule has 1 fully saturated rings. The van der Waals surface area contributed by atoms with Gasteiger partial charge in [0.25, 0.3) is 5.22 Å². The van der Waals surface area contributed by atoms with Gasteiger partial charge in [-0.15, -0.1) is 10.2 Å². The summed E-state index contributed by atoms with van der Waals surface area (Å²) in [6.45, 7) is 1.81. The number of piperidine rings is 1. The number of anilines is 1. The van der Waals surface area contributed by atoms with Crippen molar-refractivity contribution < 1.29 is 17.6 Å². The average Bonchev–Trinajstić information content (AvgIpc) is 3.52. The number of fused-ring (bicyclic) bond motifs is 1. The lowest BCUT2D eigenvalue weighted by molar-refractivity contribution is -0.118. The summed E-state index contributed by atoms with van der Waals surface area (Å²) in [6.07, 6.45) is 4.08. The highest BCUT2D eigenvalue weighted by Gasteiger charge is 2.27. The van der Waals surface area contributed by atoms with Gasteiger partial charge in [0.15, 0.2) is 0 Å². The van der Waals surface area contributed by atoms with E-state index < -0.39 is 10.0 Å². The lowest BCUT2D eigenvalue weighted by atomic mass is 10.2. The second-order valence-electron chi connectivity index (χ2n) is 8.39. The lowest BCUT2D eigenvalue weighted by Gasteiger charge is -2.25. The van der Waals surface area contributed by atoms with Crippen LogP contribution >= 0.6 is 11.8 Å². The van der Waals surface area contributed by atoms with Crippen LogP contribution in [0.4, 0.5) is 5.69 Å². The standard InChI is InChI=1S/C24H26N4O4S2/c29-22(28-15-11-18-7-2-3-10-21(18)28)12-16-33-24-26-25-23(32-24)19-8-6-9-20(17-19)34(30,31)27-13-4-1-5-14-27/h2-3,6-10,17H,1,4-5,11-16H2. The molecular weight excluding hydrogens is 472 g/mol. The first kappa shape index (κ1) is 23.1. The normalized spacial score (nSPS) is 16.5. The van der Waals surface area contributed by atoms with Crippen LogP contribution in [-0.4, -0.2) is 54.2 Å². The van der Waals surface area contributed by atoms with Crippen molar-refractivity contribution in [2.24, 2.45) is 0 Å². The number of amides is 1. The molecule has 0 aliphatic carbocycles. The maximum absolute atomic E-state index is 13.0. The molecule has 3 heterocycles. The Morgan fingerprint density at radius 2 is 1.82 bits per heavy atom. The van der Waals surface area contributed by atoms with E-state index in [4.69, 9.17) is 4.42 Å². The topological polar surface area (TPSA) is 96.6 Å². The largest absolute Gasteiger partial charge is 0.411 e. The summed E-state index contributed by atoms with van der Waals surface area (Å²) < 4.78 is 33.3. The number of carbonyl (C=O) groups excluding carboxylic acids is 1. The highest BCUT2D eigenvalue weighted by molar-refractivity contribution is 7.99. The molecule has 10 heteroatoms. The molecule has 3 aromatic rings. The summed E-state index contributed by atoms with van der Waals surface area (Å²) in [5.41, 5.74) is 2.76. The molecular formula is C24H26N4O4S2. The number of nitrogens with zero attached hydrogens (tertiary/aromatic N) is 4. The van der Waals surface area contributed by atoms with Gasteiger partial charge in [0.2, 0.25) is 21.8 Å². The van der Waals surface area contributed by atoms with E-state index in [1.54, 1.807) is 28.6 Å². The van der Waals surface area contributed by atoms with Gasteiger partial charge in [-0.3, -0.25) is 4.79 Å². The minimum atomic E-state index is -3.54. The van der Waals surface area contributed by atoms with Crippen LogP contribution in [0.5, 0.6) is 0 Å². The van der Waals surface area contributed by atoms with Crippen LogP contribution in [0.3, 0.4) is 0 Å². The number of benzene rings is 2. The first-order chi connectivity index (χ1) is 16.5. The lowest BCUT2D eigenvalue weighted by Crippen LogP contribution is -2.35. The second kappa shape index (κ2) is 9.89. The Bertz CT molecular complexity index is 1290. The molecule has 1 amide bonds. The van der Waals surface area contributed by atoms with Gasteiger partial charge in [-0.05, 0) is 49.1 Å². The highest BCUT2D eigenvalue weighted by atomic mass is 32.2. The fraction of sp³-hybridized carbons (Fsp3) is 0.375. The molecule has 0 N–H and O–H groups in total. The Kier molecular flexibility index (Phi) is 6.71. The number of sulfonamides is 1. The van der Waals surface area contributed by atoms with Gasteiger partial charge in [0.1, 0.15) is 0 Å². The van der Waals surface area contributed by atoms with Crippen molar-refractivity contribution in [2.45, 2.75) is 42.2 Å². The van der Waals surface area contributed by atoms with Gasteiger partial charge in [-0.25, -0.2) is 8.42 Å². The predicted octanol–water partition coefficient (Wildman–Crippen LogP) is 3.98. The molecule has 0 radical (unpaired) electrons. The van der Waals surface area contributed by atoms with Gasteiger partial charge >= 0.3 is 0 Å². The van der Waals surface area contributed by atoms with Gasteiger partial charge < -0.3 is 9.32 Å². The number of para-hydroxylation sites is 1. The number of hydrogen-bond acceptors (Lipinski definition) is 7. The number of thioether (sulfide) groups is 1. The fourth-order valence-electron chi connectivity index (χ4n) is 4.39. The highest BCUT2D eigenvalue weighted by Crippen LogP contribution is 2.30. The van der Waals surface area contributed by atoms with Gasteiger partial charge in [-0.1, -0.05) is 42.4 Å². The molecule has 1 aromatic heterocycles. The second-order valence-corrected chi connectivity index (χ2v) is 11.4. The van der Waals surface area contributed by atoms with Gasteiger partial charge in [0, 0.05) is 43.1 Å². The Hall–Kier alpha value is -2.69. The third-order valence-electron chi connectivity index (χ3n) is 6.17. The van der Waals surface area contributed by atoms with Gasteiger partial charge in [-0.2, -0.15) is 4.31 Å². The van der Waals surface area contributed by atoms with Crippen LogP contribution in [-0.2, 0) is 21.2 Å². The zero-order chi connectivity index (χ0) is 23.5. The summed E-state index contributed by atoms with van der Waals surface area (Å²) >= 11 is 1.32. The third-order valence-corrected chi connectivity index (χ3v) is 8.88. The van der Waals surface area contributed by atoms with E-state index in [0.717, 1.165) is 31.4 Å². The van der Waals surface area contributed by atoms with Crippen LogP contribution < -0.4 is 4.90 Å². The summed E-state index contributed by atoms with van der Waals surface area (Å²) in [4.78, 5) is 14.7. The van der Waals surface area contributed by atoms with Crippen LogP contribution in [0.15, 0.2) is 63.1 Å². The molecule has 0 saturated carbocycles. The Balaban J connectivity index is 1.21. The zero-order valence-electron chi connectivity index (χ0n) is 18.7. The van der Waals surface area contributed by atoms with Crippen molar-refractivity contribution in [3.05, 3.63) is 54.1 Å². The minimum Gasteiger partial charge on any atom is -0.411 e. The van der Waals surface area contributed by atoms with Crippen LogP contribution in [0.1, 0.15) is 31.2 Å². The number of aromatic nitrogens is 2. The number of rotatable bonds is 7. The fourth-order valence-corrected chi connectivity index (χ4v) is 6.64. The van der Waals surface area contributed by atoms with Crippen LogP contribution in [0.25, 0.3) is 11.5 Å². The van der Waals surface area contributed by atoms with Crippen molar-refractivity contribution >= 4 is 33.4 Å². The minimum absolute atomic E-state index is 0.0767. The smallest absolute Gasteiger partial charge is 0.276 e. The quantitative estimate of drug-likeness (QED) is 0.455. The molecule has 2 aliphatic rings. The molecule has 0 atom stereocenters. The molecule has 1 saturated heterocycles. The Morgan fingerprint density at radius 3 is 2.68 bits per heavy atom. The molecule has 2 aromatic carbocycles. The Labute approximate surface area is 203 Å². The molecule has 5 rings (SSSR count). The van der Waals surface area contributed by atoms with E-state index >= 15 is 0 Å². The third kappa shape index (κ3) is 4.75. The average molecular weight is 499 g/mol. The van der Waals surface area contributed by atoms with Crippen molar-refractivity contribution in [1.29, 1.82) is 0 Å². The summed E-state index contributed by atoms with van der Waals surface area (Å²) in [7, 11) is -3.54. The first-order valence-corrected chi connectivity index (χ1v) is 13.9. The van der Waals surface area contributed by atoms with E-state index in [1.165, 1.54) is 17.3 Å². The van der Waals surface area contributed by atoms with Gasteiger partial charge in [0.05, 0.1) is 4.90 Å². The van der Waals surface area contributed by atoms with E-state index in [9.17, 15) is 13.2 Å². The predicted molar refractivity (Wildman–Crippen MR) is 130 cm³/mol. The van der Waals surface area contributed by atoms with Crippen molar-refractivity contribution in [1.82, 2.24) is 14.5 Å². The van der Waals surface area contributed by atoms with Crippen molar-refractivity contribution in [2.75, 3.05) is 30.3 Å². The maximum atomic E-state index is 13.0. The molecule has 34 heavy (non-hydrogen) atoms. The molecule has 0 spiro atoms. The summed E-state index contributed by atoms with van der Waals surface area (Å²) in [6, 6.07) is 14.6. The number of carbonyl (C=O) groups is 1. The zero-order valence-corrected chi connectivity index (χ0v) is 20.4. The molecule has 8 nitrogen and oxygen atoms in total. The maximum Gasteiger partial charge on any atom is 0.276 e. The van der Waals surface area contributed by atoms with Crippen LogP contribution in [0.2, 0.25) is 0 Å². The first-order valence-electron chi connectivity index (χ1n) is 11.5. The van der Waals surface area contributed by atoms with Crippen molar-refractivity contribution in [3.63, 3.8) is 0 Å². The molecule has 2 aliphatic heterocycles. The van der Waals surface area contributed by atoms with E-state index in [2.05, 4.69) is 16.3 Å². The van der Waals surface area contributed by atoms with Crippen LogP contribution in [0, 0.1) is 0 Å². The monoisotopic (exact) mass is 498 g/mol. The Morgan fingerprint density at radius 1 is 1.00 bits per heavy atom. The summed E-state index contributed by atoms with van der Waals surface area (Å²) in [5, 5.41) is 8.51. The summed E-state index contributed by atoms with van der Waals surface area (Å²) in [5.74, 6) is 0.855. The van der Waals surface area contributed by atoms with Crippen molar-refractivity contribution in [3.8, 4) is 11.5 Å². The molecule has 178 valence electrons. The molecule has 0 unspecified atom stereocenters. The van der Waals surface area contributed by atoms with E-state index in [-0.39, 0.29) is 16.7 Å². The number of hydrogen-bond donors (Lipinski definition) is 0. The van der Waals surface area contributed by atoms with E-state index in [0.29, 0.717) is 42.6 Å². The van der Waals surface area contributed by atoms with E-state index in [1.807, 2.05) is 23.1 Å². The molecule has 0 bridgehead atoms.